The number of ether oxygens (including phenoxy) is 2. The SMILES string of the molecule is CCCCOc1c(Cl)cc(C(=O)Nc2ccnn2C(C)C)cc1OCC. The highest BCUT2D eigenvalue weighted by Gasteiger charge is 2.18. The van der Waals surface area contributed by atoms with E-state index in [-0.39, 0.29) is 11.9 Å². The van der Waals surface area contributed by atoms with Crippen molar-refractivity contribution in [3.05, 3.63) is 35.0 Å². The maximum atomic E-state index is 12.7. The number of nitrogens with zero attached hydrogens (tertiary/aromatic N) is 2. The highest BCUT2D eigenvalue weighted by Crippen LogP contribution is 2.37. The summed E-state index contributed by atoms with van der Waals surface area (Å²) >= 11 is 6.35. The average Bonchev–Trinajstić information content (AvgIpc) is 3.05. The van der Waals surface area contributed by atoms with E-state index < -0.39 is 0 Å². The first kappa shape index (κ1) is 20.1. The number of hydrogen-bond acceptors (Lipinski definition) is 4. The van der Waals surface area contributed by atoms with Gasteiger partial charge in [-0.1, -0.05) is 24.9 Å². The molecule has 142 valence electrons. The van der Waals surface area contributed by atoms with Gasteiger partial charge in [0.25, 0.3) is 5.91 Å². The molecule has 2 rings (SSSR count). The molecule has 0 aliphatic rings. The number of unbranched alkanes of at least 4 members (excludes halogenated alkanes) is 1. The lowest BCUT2D eigenvalue weighted by Crippen LogP contribution is -2.17. The van der Waals surface area contributed by atoms with Gasteiger partial charge in [-0.15, -0.1) is 0 Å². The third-order valence-electron chi connectivity index (χ3n) is 3.72. The fraction of sp³-hybridized carbons (Fsp3) is 0.474. The summed E-state index contributed by atoms with van der Waals surface area (Å²) in [5.74, 6) is 1.29. The van der Waals surface area contributed by atoms with E-state index in [1.807, 2.05) is 20.8 Å². The van der Waals surface area contributed by atoms with Gasteiger partial charge < -0.3 is 14.8 Å². The molecule has 0 saturated carbocycles. The number of hydrogen-bond donors (Lipinski definition) is 1. The summed E-state index contributed by atoms with van der Waals surface area (Å²) in [5, 5.41) is 7.43. The third kappa shape index (κ3) is 4.91. The number of amides is 1. The Morgan fingerprint density at radius 3 is 2.73 bits per heavy atom. The number of carbonyl (C=O) groups is 1. The molecule has 0 unspecified atom stereocenters. The van der Waals surface area contributed by atoms with Crippen LogP contribution in [0.2, 0.25) is 5.02 Å². The molecule has 1 N–H and O–H groups in total. The van der Waals surface area contributed by atoms with E-state index >= 15 is 0 Å². The summed E-state index contributed by atoms with van der Waals surface area (Å²) in [7, 11) is 0. The summed E-state index contributed by atoms with van der Waals surface area (Å²) in [5.41, 5.74) is 0.401. The van der Waals surface area contributed by atoms with Gasteiger partial charge in [-0.3, -0.25) is 4.79 Å². The molecule has 0 fully saturated rings. The zero-order valence-electron chi connectivity index (χ0n) is 15.7. The molecular weight excluding hydrogens is 354 g/mol. The minimum Gasteiger partial charge on any atom is -0.490 e. The van der Waals surface area contributed by atoms with Gasteiger partial charge in [-0.05, 0) is 39.3 Å². The lowest BCUT2D eigenvalue weighted by atomic mass is 10.2. The van der Waals surface area contributed by atoms with Crippen LogP contribution in [-0.2, 0) is 0 Å². The lowest BCUT2D eigenvalue weighted by molar-refractivity contribution is 0.102. The van der Waals surface area contributed by atoms with Crippen LogP contribution in [0.3, 0.4) is 0 Å². The average molecular weight is 380 g/mol. The normalized spacial score (nSPS) is 10.8. The molecule has 7 heteroatoms. The van der Waals surface area contributed by atoms with E-state index in [4.69, 9.17) is 21.1 Å². The molecule has 0 radical (unpaired) electrons. The van der Waals surface area contributed by atoms with Crippen molar-refractivity contribution in [3.8, 4) is 11.5 Å². The van der Waals surface area contributed by atoms with Gasteiger partial charge in [0, 0.05) is 17.7 Å². The van der Waals surface area contributed by atoms with Gasteiger partial charge in [0.15, 0.2) is 11.5 Å². The van der Waals surface area contributed by atoms with Crippen LogP contribution >= 0.6 is 11.6 Å². The Labute approximate surface area is 159 Å². The summed E-state index contributed by atoms with van der Waals surface area (Å²) in [6.07, 6.45) is 3.59. The Morgan fingerprint density at radius 2 is 2.08 bits per heavy atom. The Bertz CT molecular complexity index is 744. The standard InChI is InChI=1S/C19H26ClN3O3/c1-5-7-10-26-18-15(20)11-14(12-16(18)25-6-2)19(24)22-17-8-9-21-23(17)13(3)4/h8-9,11-13H,5-7,10H2,1-4H3,(H,22,24). The highest BCUT2D eigenvalue weighted by molar-refractivity contribution is 6.32. The number of carbonyl (C=O) groups excluding carboxylic acids is 1. The molecule has 0 saturated heterocycles. The maximum absolute atomic E-state index is 12.7. The largest absolute Gasteiger partial charge is 0.490 e. The minimum atomic E-state index is -0.282. The van der Waals surface area contributed by atoms with Gasteiger partial charge in [-0.2, -0.15) is 5.10 Å². The zero-order chi connectivity index (χ0) is 19.1. The van der Waals surface area contributed by atoms with Gasteiger partial charge >= 0.3 is 0 Å². The second kappa shape index (κ2) is 9.48. The van der Waals surface area contributed by atoms with Gasteiger partial charge in [0.2, 0.25) is 0 Å². The smallest absolute Gasteiger partial charge is 0.257 e. The summed E-state index contributed by atoms with van der Waals surface area (Å²) < 4.78 is 13.1. The summed E-state index contributed by atoms with van der Waals surface area (Å²) in [6, 6.07) is 5.14. The van der Waals surface area contributed by atoms with E-state index in [9.17, 15) is 4.79 Å². The number of aromatic nitrogens is 2. The predicted molar refractivity (Wildman–Crippen MR) is 104 cm³/mol. The molecule has 0 aliphatic heterocycles. The van der Waals surface area contributed by atoms with Crippen molar-refractivity contribution in [1.82, 2.24) is 9.78 Å². The quantitative estimate of drug-likeness (QED) is 0.626. The van der Waals surface area contributed by atoms with Gasteiger partial charge in [0.05, 0.1) is 24.4 Å². The monoisotopic (exact) mass is 379 g/mol. The van der Waals surface area contributed by atoms with Crippen molar-refractivity contribution in [1.29, 1.82) is 0 Å². The fourth-order valence-electron chi connectivity index (χ4n) is 2.43. The molecule has 1 aromatic carbocycles. The first-order valence-corrected chi connectivity index (χ1v) is 9.29. The van der Waals surface area contributed by atoms with Crippen LogP contribution in [0.1, 0.15) is 56.9 Å². The topological polar surface area (TPSA) is 65.4 Å². The van der Waals surface area contributed by atoms with E-state index in [1.165, 1.54) is 0 Å². The van der Waals surface area contributed by atoms with Gasteiger partial charge in [0.1, 0.15) is 5.82 Å². The molecule has 0 atom stereocenters. The number of benzene rings is 1. The number of rotatable bonds is 9. The van der Waals surface area contributed by atoms with Crippen LogP contribution in [0.25, 0.3) is 0 Å². The first-order chi connectivity index (χ1) is 12.5. The van der Waals surface area contributed by atoms with Crippen LogP contribution in [0, 0.1) is 0 Å². The van der Waals surface area contributed by atoms with Crippen molar-refractivity contribution >= 4 is 23.3 Å². The molecule has 0 bridgehead atoms. The van der Waals surface area contributed by atoms with Crippen molar-refractivity contribution in [2.45, 2.75) is 46.6 Å². The molecule has 26 heavy (non-hydrogen) atoms. The van der Waals surface area contributed by atoms with Crippen LogP contribution in [0.4, 0.5) is 5.82 Å². The summed E-state index contributed by atoms with van der Waals surface area (Å²) in [6.45, 7) is 8.95. The Hall–Kier alpha value is -2.21. The van der Waals surface area contributed by atoms with Crippen LogP contribution < -0.4 is 14.8 Å². The molecule has 6 nitrogen and oxygen atoms in total. The molecule has 0 aliphatic carbocycles. The maximum Gasteiger partial charge on any atom is 0.257 e. The molecular formula is C19H26ClN3O3. The molecule has 1 heterocycles. The van der Waals surface area contributed by atoms with E-state index in [0.29, 0.717) is 41.1 Å². The minimum absolute atomic E-state index is 0.136. The second-order valence-electron chi connectivity index (χ2n) is 6.13. The first-order valence-electron chi connectivity index (χ1n) is 8.91. The van der Waals surface area contributed by atoms with Gasteiger partial charge in [-0.25, -0.2) is 4.68 Å². The lowest BCUT2D eigenvalue weighted by Gasteiger charge is -2.16. The fourth-order valence-corrected chi connectivity index (χ4v) is 2.70. The van der Waals surface area contributed by atoms with Crippen molar-refractivity contribution in [2.24, 2.45) is 0 Å². The molecule has 0 spiro atoms. The van der Waals surface area contributed by atoms with E-state index in [0.717, 1.165) is 12.8 Å². The number of anilines is 1. The van der Waals surface area contributed by atoms with Crippen LogP contribution in [0.5, 0.6) is 11.5 Å². The Balaban J connectivity index is 2.25. The van der Waals surface area contributed by atoms with Crippen molar-refractivity contribution in [2.75, 3.05) is 18.5 Å². The van der Waals surface area contributed by atoms with E-state index in [2.05, 4.69) is 17.3 Å². The Kier molecular flexibility index (Phi) is 7.33. The molecule has 1 aromatic heterocycles. The highest BCUT2D eigenvalue weighted by atomic mass is 35.5. The Morgan fingerprint density at radius 1 is 1.31 bits per heavy atom. The zero-order valence-corrected chi connectivity index (χ0v) is 16.5. The predicted octanol–water partition coefficient (Wildman–Crippen LogP) is 4.95. The van der Waals surface area contributed by atoms with Crippen LogP contribution in [0.15, 0.2) is 24.4 Å². The van der Waals surface area contributed by atoms with Crippen LogP contribution in [-0.4, -0.2) is 28.9 Å². The summed E-state index contributed by atoms with van der Waals surface area (Å²) in [4.78, 5) is 12.7. The van der Waals surface area contributed by atoms with Crippen molar-refractivity contribution < 1.29 is 14.3 Å². The molecule has 1 amide bonds. The third-order valence-corrected chi connectivity index (χ3v) is 4.00. The number of nitrogens with one attached hydrogen (secondary N) is 1. The molecule has 2 aromatic rings. The van der Waals surface area contributed by atoms with Crippen molar-refractivity contribution in [3.63, 3.8) is 0 Å². The van der Waals surface area contributed by atoms with E-state index in [1.54, 1.807) is 29.1 Å². The number of halogens is 1. The second-order valence-corrected chi connectivity index (χ2v) is 6.54.